The zero-order valence-corrected chi connectivity index (χ0v) is 12.8. The second-order valence-corrected chi connectivity index (χ2v) is 6.32. The van der Waals surface area contributed by atoms with Crippen LogP contribution in [0.3, 0.4) is 0 Å². The lowest BCUT2D eigenvalue weighted by molar-refractivity contribution is 0.584. The van der Waals surface area contributed by atoms with Crippen LogP contribution in [0, 0.1) is 0 Å². The Labute approximate surface area is 124 Å². The summed E-state index contributed by atoms with van der Waals surface area (Å²) in [7, 11) is -1.63. The van der Waals surface area contributed by atoms with Crippen LogP contribution in [0.15, 0.2) is 35.4 Å². The minimum Gasteiger partial charge on any atom is -0.384 e. The summed E-state index contributed by atoms with van der Waals surface area (Å²) in [5.41, 5.74) is 7.56. The first-order valence-corrected chi connectivity index (χ1v) is 8.02. The van der Waals surface area contributed by atoms with Crippen molar-refractivity contribution < 1.29 is 8.42 Å². The van der Waals surface area contributed by atoms with Gasteiger partial charge in [-0.3, -0.25) is 4.68 Å². The Morgan fingerprint density at radius 3 is 2.48 bits per heavy atom. The molecular weight excluding hydrogens is 290 g/mol. The second-order valence-electron chi connectivity index (χ2n) is 4.56. The molecule has 0 aliphatic heterocycles. The Kier molecular flexibility index (Phi) is 4.49. The maximum atomic E-state index is 11.8. The minimum absolute atomic E-state index is 0.246. The molecule has 0 aliphatic carbocycles. The highest BCUT2D eigenvalue weighted by atomic mass is 32.2. The van der Waals surface area contributed by atoms with Crippen LogP contribution in [0.2, 0.25) is 0 Å². The van der Waals surface area contributed by atoms with E-state index in [4.69, 9.17) is 5.73 Å². The Hall–Kier alpha value is -2.06. The summed E-state index contributed by atoms with van der Waals surface area (Å²) < 4.78 is 27.7. The van der Waals surface area contributed by atoms with Gasteiger partial charge in [0.1, 0.15) is 5.82 Å². The van der Waals surface area contributed by atoms with Crippen molar-refractivity contribution in [2.75, 3.05) is 17.6 Å². The number of nitrogens with one attached hydrogen (secondary N) is 2. The van der Waals surface area contributed by atoms with Crippen LogP contribution < -0.4 is 15.8 Å². The van der Waals surface area contributed by atoms with Gasteiger partial charge in [0.25, 0.3) is 0 Å². The molecule has 0 bridgehead atoms. The molecule has 2 rings (SSSR count). The Morgan fingerprint density at radius 2 is 1.95 bits per heavy atom. The molecule has 0 saturated heterocycles. The molecule has 114 valence electrons. The standard InChI is InChI=1S/C13H19N5O2S/c1-3-17-21(19,20)12-6-4-11(5-7-12)15-8-10-9-16-18(2)13(10)14/h4-7,9,15,17H,3,8,14H2,1-2H3. The molecular formula is C13H19N5O2S. The van der Waals surface area contributed by atoms with Gasteiger partial charge in [0, 0.05) is 31.4 Å². The first-order chi connectivity index (χ1) is 9.94. The van der Waals surface area contributed by atoms with Crippen LogP contribution in [0.4, 0.5) is 11.5 Å². The van der Waals surface area contributed by atoms with Crippen molar-refractivity contribution >= 4 is 21.5 Å². The van der Waals surface area contributed by atoms with E-state index in [-0.39, 0.29) is 4.90 Å². The molecule has 1 aromatic heterocycles. The van der Waals surface area contributed by atoms with Gasteiger partial charge in [-0.25, -0.2) is 13.1 Å². The number of hydrogen-bond donors (Lipinski definition) is 3. The van der Waals surface area contributed by atoms with Crippen molar-refractivity contribution in [3.63, 3.8) is 0 Å². The SMILES string of the molecule is CCNS(=O)(=O)c1ccc(NCc2cnn(C)c2N)cc1. The van der Waals surface area contributed by atoms with Gasteiger partial charge >= 0.3 is 0 Å². The van der Waals surface area contributed by atoms with E-state index < -0.39 is 10.0 Å². The minimum atomic E-state index is -3.41. The van der Waals surface area contributed by atoms with E-state index >= 15 is 0 Å². The number of rotatable bonds is 6. The number of hydrogen-bond acceptors (Lipinski definition) is 5. The molecule has 0 saturated carbocycles. The van der Waals surface area contributed by atoms with Gasteiger partial charge in [0.2, 0.25) is 10.0 Å². The molecule has 7 nitrogen and oxygen atoms in total. The van der Waals surface area contributed by atoms with Gasteiger partial charge in [-0.05, 0) is 24.3 Å². The third kappa shape index (κ3) is 3.53. The van der Waals surface area contributed by atoms with E-state index in [9.17, 15) is 8.42 Å². The van der Waals surface area contributed by atoms with Crippen LogP contribution in [0.5, 0.6) is 0 Å². The van der Waals surface area contributed by atoms with Gasteiger partial charge in [-0.15, -0.1) is 0 Å². The highest BCUT2D eigenvalue weighted by molar-refractivity contribution is 7.89. The van der Waals surface area contributed by atoms with E-state index in [2.05, 4.69) is 15.1 Å². The lowest BCUT2D eigenvalue weighted by Crippen LogP contribution is -2.23. The molecule has 0 radical (unpaired) electrons. The number of aromatic nitrogens is 2. The zero-order chi connectivity index (χ0) is 15.5. The third-order valence-corrected chi connectivity index (χ3v) is 4.61. The maximum absolute atomic E-state index is 11.8. The summed E-state index contributed by atoms with van der Waals surface area (Å²) in [4.78, 5) is 0.246. The van der Waals surface area contributed by atoms with E-state index in [1.807, 2.05) is 0 Å². The van der Waals surface area contributed by atoms with Crippen LogP contribution in [-0.2, 0) is 23.6 Å². The Morgan fingerprint density at radius 1 is 1.29 bits per heavy atom. The number of nitrogens with two attached hydrogens (primary N) is 1. The van der Waals surface area contributed by atoms with Crippen LogP contribution >= 0.6 is 0 Å². The highest BCUT2D eigenvalue weighted by Crippen LogP contribution is 2.16. The molecule has 21 heavy (non-hydrogen) atoms. The first kappa shape index (κ1) is 15.3. The monoisotopic (exact) mass is 309 g/mol. The smallest absolute Gasteiger partial charge is 0.240 e. The topological polar surface area (TPSA) is 102 Å². The predicted molar refractivity (Wildman–Crippen MR) is 82.3 cm³/mol. The average molecular weight is 309 g/mol. The molecule has 0 atom stereocenters. The average Bonchev–Trinajstić information content (AvgIpc) is 2.77. The molecule has 0 aliphatic rings. The number of anilines is 2. The van der Waals surface area contributed by atoms with Crippen molar-refractivity contribution in [2.45, 2.75) is 18.4 Å². The van der Waals surface area contributed by atoms with E-state index in [1.165, 1.54) is 0 Å². The van der Waals surface area contributed by atoms with Gasteiger partial charge in [-0.2, -0.15) is 5.10 Å². The number of nitrogens with zero attached hydrogens (tertiary/aromatic N) is 2. The summed E-state index contributed by atoms with van der Waals surface area (Å²) in [5, 5.41) is 7.24. The summed E-state index contributed by atoms with van der Waals surface area (Å²) in [6.07, 6.45) is 1.70. The molecule has 8 heteroatoms. The van der Waals surface area contributed by atoms with Crippen molar-refractivity contribution in [1.29, 1.82) is 0 Å². The van der Waals surface area contributed by atoms with Crippen LogP contribution in [0.1, 0.15) is 12.5 Å². The molecule has 1 heterocycles. The molecule has 0 spiro atoms. The predicted octanol–water partition coefficient (Wildman–Crippen LogP) is 0.913. The van der Waals surface area contributed by atoms with E-state index in [1.54, 1.807) is 49.1 Å². The Bertz CT molecular complexity index is 707. The summed E-state index contributed by atoms with van der Waals surface area (Å²) in [6.45, 7) is 2.63. The fourth-order valence-electron chi connectivity index (χ4n) is 1.85. The summed E-state index contributed by atoms with van der Waals surface area (Å²) in [6, 6.07) is 6.56. The fourth-order valence-corrected chi connectivity index (χ4v) is 2.89. The third-order valence-electron chi connectivity index (χ3n) is 3.05. The Balaban J connectivity index is 2.05. The molecule has 0 amide bonds. The number of aryl methyl sites for hydroxylation is 1. The lowest BCUT2D eigenvalue weighted by atomic mass is 10.3. The largest absolute Gasteiger partial charge is 0.384 e. The fraction of sp³-hybridized carbons (Fsp3) is 0.308. The van der Waals surface area contributed by atoms with Crippen molar-refractivity contribution in [2.24, 2.45) is 7.05 Å². The lowest BCUT2D eigenvalue weighted by Gasteiger charge is -2.08. The summed E-state index contributed by atoms with van der Waals surface area (Å²) >= 11 is 0. The molecule has 4 N–H and O–H groups in total. The maximum Gasteiger partial charge on any atom is 0.240 e. The zero-order valence-electron chi connectivity index (χ0n) is 12.0. The molecule has 0 fully saturated rings. The van der Waals surface area contributed by atoms with E-state index in [0.717, 1.165) is 11.3 Å². The summed E-state index contributed by atoms with van der Waals surface area (Å²) in [5.74, 6) is 0.605. The second kappa shape index (κ2) is 6.15. The van der Waals surface area contributed by atoms with Gasteiger partial charge in [0.05, 0.1) is 11.1 Å². The quantitative estimate of drug-likeness (QED) is 0.736. The number of sulfonamides is 1. The van der Waals surface area contributed by atoms with Crippen molar-refractivity contribution in [1.82, 2.24) is 14.5 Å². The van der Waals surface area contributed by atoms with Crippen molar-refractivity contribution in [3.05, 3.63) is 36.0 Å². The van der Waals surface area contributed by atoms with Crippen LogP contribution in [-0.4, -0.2) is 24.7 Å². The van der Waals surface area contributed by atoms with Crippen molar-refractivity contribution in [3.8, 4) is 0 Å². The highest BCUT2D eigenvalue weighted by Gasteiger charge is 2.12. The first-order valence-electron chi connectivity index (χ1n) is 6.54. The normalized spacial score (nSPS) is 11.5. The van der Waals surface area contributed by atoms with Crippen LogP contribution in [0.25, 0.3) is 0 Å². The number of benzene rings is 1. The molecule has 0 unspecified atom stereocenters. The van der Waals surface area contributed by atoms with Gasteiger partial charge in [-0.1, -0.05) is 6.92 Å². The van der Waals surface area contributed by atoms with Gasteiger partial charge in [0.15, 0.2) is 0 Å². The van der Waals surface area contributed by atoms with Gasteiger partial charge < -0.3 is 11.1 Å². The number of nitrogen functional groups attached to an aromatic ring is 1. The molecule has 2 aromatic rings. The molecule has 1 aromatic carbocycles. The van der Waals surface area contributed by atoms with E-state index in [0.29, 0.717) is 18.9 Å².